The molecule has 0 amide bonds. The number of benzene rings is 4. The molecule has 0 saturated heterocycles. The molecule has 32 heavy (non-hydrogen) atoms. The summed E-state index contributed by atoms with van der Waals surface area (Å²) >= 11 is 19.2. The fraction of sp³-hybridized carbons (Fsp3) is 0.115. The Kier molecular flexibility index (Phi) is 4.80. The zero-order valence-electron chi connectivity index (χ0n) is 16.8. The van der Waals surface area contributed by atoms with Crippen LogP contribution in [0, 0.1) is 0 Å². The number of ether oxygens (including phenoxy) is 1. The first kappa shape index (κ1) is 19.9. The number of fused-ring (bicyclic) bond motifs is 4. The molecule has 3 nitrogen and oxygen atoms in total. The minimum atomic E-state index is -0.442. The molecule has 4 aromatic carbocycles. The molecule has 2 aliphatic rings. The Morgan fingerprint density at radius 3 is 2.50 bits per heavy atom. The van der Waals surface area contributed by atoms with Gasteiger partial charge in [0.05, 0.1) is 16.8 Å². The highest BCUT2D eigenvalue weighted by Gasteiger charge is 2.42. The zero-order chi connectivity index (χ0) is 21.8. The van der Waals surface area contributed by atoms with Gasteiger partial charge in [-0.15, -0.1) is 0 Å². The number of hydrazone groups is 1. The van der Waals surface area contributed by atoms with Crippen molar-refractivity contribution < 1.29 is 4.74 Å². The van der Waals surface area contributed by atoms with E-state index in [-0.39, 0.29) is 6.04 Å². The molecule has 0 N–H and O–H groups in total. The molecule has 158 valence electrons. The highest BCUT2D eigenvalue weighted by Crippen LogP contribution is 2.51. The third-order valence-electron chi connectivity index (χ3n) is 6.02. The normalized spacial score (nSPS) is 19.3. The summed E-state index contributed by atoms with van der Waals surface area (Å²) in [5.41, 5.74) is 3.96. The molecule has 6 heteroatoms. The van der Waals surface area contributed by atoms with Gasteiger partial charge in [0, 0.05) is 27.6 Å². The quantitative estimate of drug-likeness (QED) is 0.290. The van der Waals surface area contributed by atoms with Crippen molar-refractivity contribution in [1.82, 2.24) is 5.01 Å². The van der Waals surface area contributed by atoms with E-state index in [1.54, 1.807) is 6.07 Å². The molecule has 0 bridgehead atoms. The molecule has 2 heterocycles. The minimum absolute atomic E-state index is 0.0413. The Morgan fingerprint density at radius 1 is 0.812 bits per heavy atom. The highest BCUT2D eigenvalue weighted by molar-refractivity contribution is 6.35. The standard InChI is InChI=1S/C26H17Cl3N2O/c27-19-7-3-6-18(11-19)26-31-24(21-12-20(28)13-22(29)25(21)32-26)14-23(30-31)17-9-8-15-4-1-2-5-16(15)10-17/h1-13,24,26H,14H2/t24-,26-/m0/s1. The van der Waals surface area contributed by atoms with Crippen LogP contribution in [0.2, 0.25) is 15.1 Å². The van der Waals surface area contributed by atoms with Gasteiger partial charge in [-0.3, -0.25) is 0 Å². The van der Waals surface area contributed by atoms with Gasteiger partial charge in [0.2, 0.25) is 6.23 Å². The molecule has 6 rings (SSSR count). The van der Waals surface area contributed by atoms with E-state index in [1.807, 2.05) is 41.4 Å². The zero-order valence-corrected chi connectivity index (χ0v) is 19.1. The van der Waals surface area contributed by atoms with Crippen LogP contribution in [0.4, 0.5) is 0 Å². The molecule has 4 aromatic rings. The summed E-state index contributed by atoms with van der Waals surface area (Å²) in [6.07, 6.45) is 0.283. The van der Waals surface area contributed by atoms with Crippen LogP contribution in [0.3, 0.4) is 0 Å². The lowest BCUT2D eigenvalue weighted by Crippen LogP contribution is -2.33. The molecule has 0 aliphatic carbocycles. The van der Waals surface area contributed by atoms with E-state index in [2.05, 4.69) is 36.4 Å². The number of rotatable bonds is 2. The summed E-state index contributed by atoms with van der Waals surface area (Å²) in [6, 6.07) is 26.0. The summed E-state index contributed by atoms with van der Waals surface area (Å²) < 4.78 is 6.40. The average Bonchev–Trinajstić information content (AvgIpc) is 3.24. The van der Waals surface area contributed by atoms with Gasteiger partial charge in [0.1, 0.15) is 5.75 Å². The van der Waals surface area contributed by atoms with E-state index in [1.165, 1.54) is 10.8 Å². The van der Waals surface area contributed by atoms with E-state index in [0.717, 1.165) is 28.8 Å². The summed E-state index contributed by atoms with van der Waals surface area (Å²) in [5, 5.41) is 11.2. The Morgan fingerprint density at radius 2 is 1.66 bits per heavy atom. The van der Waals surface area contributed by atoms with Crippen molar-refractivity contribution in [2.24, 2.45) is 5.10 Å². The number of halogens is 3. The fourth-order valence-corrected chi connectivity index (χ4v) is 5.29. The monoisotopic (exact) mass is 478 g/mol. The Hall–Kier alpha value is -2.72. The Bertz CT molecular complexity index is 1400. The van der Waals surface area contributed by atoms with Crippen molar-refractivity contribution in [1.29, 1.82) is 0 Å². The molecule has 0 aromatic heterocycles. The summed E-state index contributed by atoms with van der Waals surface area (Å²) in [6.45, 7) is 0. The van der Waals surface area contributed by atoms with Crippen LogP contribution in [0.25, 0.3) is 10.8 Å². The molecule has 2 atom stereocenters. The minimum Gasteiger partial charge on any atom is -0.463 e. The molecule has 0 fully saturated rings. The summed E-state index contributed by atoms with van der Waals surface area (Å²) in [4.78, 5) is 0. The van der Waals surface area contributed by atoms with Gasteiger partial charge >= 0.3 is 0 Å². The SMILES string of the molecule is Clc1cccc([C@@H]2Oc3c(Cl)cc(Cl)cc3[C@@H]3CC(c4ccc5ccccc5c4)=NN32)c1. The van der Waals surface area contributed by atoms with Crippen LogP contribution < -0.4 is 4.74 Å². The van der Waals surface area contributed by atoms with Crippen LogP contribution in [-0.4, -0.2) is 10.7 Å². The lowest BCUT2D eigenvalue weighted by atomic mass is 9.95. The lowest BCUT2D eigenvalue weighted by Gasteiger charge is -2.38. The molecule has 0 unspecified atom stereocenters. The number of nitrogens with zero attached hydrogens (tertiary/aromatic N) is 2. The predicted molar refractivity (Wildman–Crippen MR) is 131 cm³/mol. The number of hydrogen-bond donors (Lipinski definition) is 0. The molecule has 0 radical (unpaired) electrons. The van der Waals surface area contributed by atoms with Gasteiger partial charge < -0.3 is 4.74 Å². The number of hydrogen-bond acceptors (Lipinski definition) is 3. The van der Waals surface area contributed by atoms with Crippen LogP contribution in [0.15, 0.2) is 84.0 Å². The van der Waals surface area contributed by atoms with E-state index in [0.29, 0.717) is 20.8 Å². The van der Waals surface area contributed by atoms with Gasteiger partial charge in [-0.2, -0.15) is 5.10 Å². The second kappa shape index (κ2) is 7.70. The van der Waals surface area contributed by atoms with Gasteiger partial charge in [0.15, 0.2) is 0 Å². The fourth-order valence-electron chi connectivity index (χ4n) is 4.54. The topological polar surface area (TPSA) is 24.8 Å². The third-order valence-corrected chi connectivity index (χ3v) is 6.76. The maximum absolute atomic E-state index is 6.55. The molecular formula is C26H17Cl3N2O. The highest BCUT2D eigenvalue weighted by atomic mass is 35.5. The van der Waals surface area contributed by atoms with Crippen molar-refractivity contribution in [3.63, 3.8) is 0 Å². The summed E-state index contributed by atoms with van der Waals surface area (Å²) in [5.74, 6) is 0.650. The van der Waals surface area contributed by atoms with Crippen LogP contribution in [0.5, 0.6) is 5.75 Å². The molecule has 0 spiro atoms. The first-order chi connectivity index (χ1) is 15.6. The van der Waals surface area contributed by atoms with Gasteiger partial charge in [-0.1, -0.05) is 83.3 Å². The predicted octanol–water partition coefficient (Wildman–Crippen LogP) is 8.04. The van der Waals surface area contributed by atoms with E-state index < -0.39 is 6.23 Å². The maximum Gasteiger partial charge on any atom is 0.214 e. The third kappa shape index (κ3) is 3.32. The van der Waals surface area contributed by atoms with Gasteiger partial charge in [-0.05, 0) is 46.7 Å². The van der Waals surface area contributed by atoms with Crippen molar-refractivity contribution in [2.45, 2.75) is 18.7 Å². The molecule has 2 aliphatic heterocycles. The van der Waals surface area contributed by atoms with Crippen LogP contribution >= 0.6 is 34.8 Å². The average molecular weight is 480 g/mol. The first-order valence-corrected chi connectivity index (χ1v) is 11.5. The largest absolute Gasteiger partial charge is 0.463 e. The Balaban J connectivity index is 1.48. The van der Waals surface area contributed by atoms with E-state index in [4.69, 9.17) is 44.6 Å². The Labute approximate surface area is 200 Å². The van der Waals surface area contributed by atoms with Gasteiger partial charge in [-0.25, -0.2) is 5.01 Å². The van der Waals surface area contributed by atoms with E-state index >= 15 is 0 Å². The van der Waals surface area contributed by atoms with Crippen LogP contribution in [0.1, 0.15) is 35.4 Å². The molecular weight excluding hydrogens is 463 g/mol. The second-order valence-corrected chi connectivity index (χ2v) is 9.32. The summed E-state index contributed by atoms with van der Waals surface area (Å²) in [7, 11) is 0. The van der Waals surface area contributed by atoms with Gasteiger partial charge in [0.25, 0.3) is 0 Å². The van der Waals surface area contributed by atoms with Crippen LogP contribution in [-0.2, 0) is 0 Å². The first-order valence-electron chi connectivity index (χ1n) is 10.3. The maximum atomic E-state index is 6.55. The van der Waals surface area contributed by atoms with Crippen molar-refractivity contribution in [3.8, 4) is 5.75 Å². The van der Waals surface area contributed by atoms with Crippen molar-refractivity contribution >= 4 is 51.3 Å². The van der Waals surface area contributed by atoms with E-state index in [9.17, 15) is 0 Å². The second-order valence-electron chi connectivity index (χ2n) is 8.04. The lowest BCUT2D eigenvalue weighted by molar-refractivity contribution is -0.0189. The van der Waals surface area contributed by atoms with Crippen molar-refractivity contribution in [3.05, 3.63) is 111 Å². The van der Waals surface area contributed by atoms with Crippen molar-refractivity contribution in [2.75, 3.05) is 0 Å². The smallest absolute Gasteiger partial charge is 0.214 e. The molecule has 0 saturated carbocycles.